The maximum Gasteiger partial charge on any atom is 0.306 e. The predicted octanol–water partition coefficient (Wildman–Crippen LogP) is 3.97. The highest BCUT2D eigenvalue weighted by Crippen LogP contribution is 2.31. The third kappa shape index (κ3) is 7.67. The molecule has 1 aromatic heterocycles. The number of aliphatic hydroxyl groups excluding tert-OH is 1. The normalized spacial score (nSPS) is 15.7. The average molecular weight is 461 g/mol. The number of hydrogen-bond donors (Lipinski definition) is 2. The lowest BCUT2D eigenvalue weighted by Gasteiger charge is -2.25. The van der Waals surface area contributed by atoms with Gasteiger partial charge >= 0.3 is 5.97 Å². The van der Waals surface area contributed by atoms with E-state index in [0.29, 0.717) is 11.1 Å². The lowest BCUT2D eigenvalue weighted by atomic mass is 9.90. The van der Waals surface area contributed by atoms with Gasteiger partial charge in [0.25, 0.3) is 0 Å². The van der Waals surface area contributed by atoms with E-state index in [4.69, 9.17) is 9.15 Å². The summed E-state index contributed by atoms with van der Waals surface area (Å²) < 4.78 is 11.1. The number of ether oxygens (including phenoxy) is 1. The number of benzene rings is 1. The maximum atomic E-state index is 12.9. The molecule has 0 aliphatic heterocycles. The van der Waals surface area contributed by atoms with Gasteiger partial charge in [0, 0.05) is 18.3 Å². The van der Waals surface area contributed by atoms with Crippen LogP contribution in [-0.2, 0) is 19.1 Å². The van der Waals surface area contributed by atoms with Crippen molar-refractivity contribution in [2.75, 3.05) is 0 Å². The number of hydrogen-bond acceptors (Lipinski definition) is 7. The van der Waals surface area contributed by atoms with Crippen LogP contribution >= 0.6 is 0 Å². The van der Waals surface area contributed by atoms with E-state index in [2.05, 4.69) is 10.3 Å². The molecule has 0 radical (unpaired) electrons. The minimum absolute atomic E-state index is 0.0303. The van der Waals surface area contributed by atoms with Crippen LogP contribution < -0.4 is 5.32 Å². The van der Waals surface area contributed by atoms with Gasteiger partial charge in [-0.1, -0.05) is 32.9 Å². The molecule has 1 aromatic carbocycles. The number of aromatic nitrogens is 1. The van der Waals surface area contributed by atoms with Crippen molar-refractivity contribution < 1.29 is 28.6 Å². The number of para-hydroxylation sites is 2. The van der Waals surface area contributed by atoms with E-state index >= 15 is 0 Å². The number of rotatable bonds is 10. The molecule has 2 N–H and O–H groups in total. The lowest BCUT2D eigenvalue weighted by Crippen LogP contribution is -2.43. The number of carbonyl (C=O) groups is 3. The van der Waals surface area contributed by atoms with Crippen LogP contribution in [0.1, 0.15) is 73.3 Å². The van der Waals surface area contributed by atoms with E-state index in [0.717, 1.165) is 0 Å². The Hall–Kier alpha value is -2.74. The number of amides is 1. The number of oxazole rings is 1. The summed E-state index contributed by atoms with van der Waals surface area (Å²) >= 11 is 0. The number of ketones is 1. The molecule has 0 aliphatic carbocycles. The molecule has 8 heteroatoms. The second-order valence-corrected chi connectivity index (χ2v) is 9.95. The Morgan fingerprint density at radius 3 is 2.30 bits per heavy atom. The maximum absolute atomic E-state index is 12.9. The summed E-state index contributed by atoms with van der Waals surface area (Å²) in [5.41, 5.74) is 0.358. The molecule has 2 aromatic rings. The number of fused-ring (bicyclic) bond motifs is 1. The number of Topliss-reactive ketones (excluding diaryl/α,β-unsaturated/α-hetero) is 1. The molecular formula is C25H36N2O6. The Morgan fingerprint density at radius 2 is 1.73 bits per heavy atom. The van der Waals surface area contributed by atoms with Crippen molar-refractivity contribution in [3.8, 4) is 0 Å². The third-order valence-corrected chi connectivity index (χ3v) is 5.58. The van der Waals surface area contributed by atoms with Gasteiger partial charge in [0.2, 0.25) is 11.8 Å². The van der Waals surface area contributed by atoms with Crippen molar-refractivity contribution in [3.05, 3.63) is 30.2 Å². The molecular weight excluding hydrogens is 424 g/mol. The molecule has 0 spiro atoms. The first-order chi connectivity index (χ1) is 15.3. The van der Waals surface area contributed by atoms with Gasteiger partial charge in [0.05, 0.1) is 12.5 Å². The molecule has 0 saturated carbocycles. The molecule has 33 heavy (non-hydrogen) atoms. The van der Waals surface area contributed by atoms with Crippen LogP contribution in [0.4, 0.5) is 0 Å². The number of aliphatic hydroxyl groups is 1. The summed E-state index contributed by atoms with van der Waals surface area (Å²) in [4.78, 5) is 42.1. The van der Waals surface area contributed by atoms with Crippen molar-refractivity contribution in [1.29, 1.82) is 0 Å². The fraction of sp³-hybridized carbons (Fsp3) is 0.600. The summed E-state index contributed by atoms with van der Waals surface area (Å²) in [6, 6.07) is 6.28. The first-order valence-corrected chi connectivity index (χ1v) is 11.4. The molecule has 0 saturated heterocycles. The van der Waals surface area contributed by atoms with Gasteiger partial charge in [-0.15, -0.1) is 0 Å². The van der Waals surface area contributed by atoms with E-state index in [1.54, 1.807) is 58.9 Å². The van der Waals surface area contributed by atoms with E-state index in [1.807, 2.05) is 13.8 Å². The van der Waals surface area contributed by atoms with Crippen molar-refractivity contribution >= 4 is 28.8 Å². The van der Waals surface area contributed by atoms with Crippen LogP contribution in [0.5, 0.6) is 0 Å². The summed E-state index contributed by atoms with van der Waals surface area (Å²) in [6.07, 6.45) is -1.66. The second kappa shape index (κ2) is 10.9. The highest BCUT2D eigenvalue weighted by atomic mass is 16.6. The summed E-state index contributed by atoms with van der Waals surface area (Å²) in [6.45, 7) is 12.5. The van der Waals surface area contributed by atoms with Crippen LogP contribution in [-0.4, -0.2) is 39.4 Å². The smallest absolute Gasteiger partial charge is 0.306 e. The largest absolute Gasteiger partial charge is 0.460 e. The molecule has 2 rings (SSSR count). The Morgan fingerprint density at radius 1 is 1.09 bits per heavy atom. The minimum Gasteiger partial charge on any atom is -0.460 e. The number of nitrogens with zero attached hydrogens (tertiary/aromatic N) is 1. The molecule has 1 heterocycles. The highest BCUT2D eigenvalue weighted by molar-refractivity contribution is 5.89. The quantitative estimate of drug-likeness (QED) is 0.515. The van der Waals surface area contributed by atoms with Crippen LogP contribution in [0.25, 0.3) is 11.1 Å². The molecule has 182 valence electrons. The van der Waals surface area contributed by atoms with Gasteiger partial charge in [-0.25, -0.2) is 4.98 Å². The average Bonchev–Trinajstić information content (AvgIpc) is 3.14. The monoisotopic (exact) mass is 460 g/mol. The first kappa shape index (κ1) is 26.5. The number of carbonyl (C=O) groups excluding carboxylic acids is 3. The molecule has 0 aliphatic rings. The topological polar surface area (TPSA) is 119 Å². The zero-order valence-corrected chi connectivity index (χ0v) is 20.5. The van der Waals surface area contributed by atoms with Gasteiger partial charge in [-0.05, 0) is 45.7 Å². The van der Waals surface area contributed by atoms with Crippen LogP contribution in [0.15, 0.2) is 28.7 Å². The zero-order valence-electron chi connectivity index (χ0n) is 20.5. The van der Waals surface area contributed by atoms with Gasteiger partial charge in [0.1, 0.15) is 17.2 Å². The highest BCUT2D eigenvalue weighted by Gasteiger charge is 2.33. The third-order valence-electron chi connectivity index (χ3n) is 5.58. The molecule has 0 fully saturated rings. The van der Waals surface area contributed by atoms with E-state index < -0.39 is 29.6 Å². The summed E-state index contributed by atoms with van der Waals surface area (Å²) in [5.74, 6) is -1.97. The number of nitrogens with one attached hydrogen (secondary N) is 1. The minimum atomic E-state index is -1.30. The second-order valence-electron chi connectivity index (χ2n) is 9.95. The molecule has 8 nitrogen and oxygen atoms in total. The van der Waals surface area contributed by atoms with Crippen molar-refractivity contribution in [2.24, 2.45) is 17.8 Å². The van der Waals surface area contributed by atoms with Crippen molar-refractivity contribution in [3.63, 3.8) is 0 Å². The van der Waals surface area contributed by atoms with Gasteiger partial charge in [0.15, 0.2) is 11.4 Å². The molecule has 1 amide bonds. The van der Waals surface area contributed by atoms with Crippen LogP contribution in [0.2, 0.25) is 0 Å². The van der Waals surface area contributed by atoms with E-state index in [-0.39, 0.29) is 42.3 Å². The molecule has 4 atom stereocenters. The van der Waals surface area contributed by atoms with E-state index in [9.17, 15) is 19.5 Å². The van der Waals surface area contributed by atoms with Crippen LogP contribution in [0, 0.1) is 17.8 Å². The first-order valence-electron chi connectivity index (χ1n) is 11.4. The van der Waals surface area contributed by atoms with Gasteiger partial charge in [-0.2, -0.15) is 0 Å². The Kier molecular flexibility index (Phi) is 8.77. The van der Waals surface area contributed by atoms with Crippen molar-refractivity contribution in [2.45, 2.75) is 79.1 Å². The fourth-order valence-electron chi connectivity index (χ4n) is 3.27. The van der Waals surface area contributed by atoms with Crippen molar-refractivity contribution in [1.82, 2.24) is 10.3 Å². The summed E-state index contributed by atoms with van der Waals surface area (Å²) in [7, 11) is 0. The zero-order chi connectivity index (χ0) is 24.9. The molecule has 1 unspecified atom stereocenters. The Balaban J connectivity index is 2.19. The summed E-state index contributed by atoms with van der Waals surface area (Å²) in [5, 5.41) is 13.7. The van der Waals surface area contributed by atoms with Gasteiger partial charge < -0.3 is 19.6 Å². The lowest BCUT2D eigenvalue weighted by molar-refractivity contribution is -0.157. The van der Waals surface area contributed by atoms with Gasteiger partial charge in [-0.3, -0.25) is 14.4 Å². The Bertz CT molecular complexity index is 942. The standard InChI is InChI=1S/C25H36N2O6/c1-14(2)15(3)23(31)26-16(4)19(28)12-17(13-21(29)33-25(5,6)7)22(30)24-27-18-10-8-9-11-20(18)32-24/h8-11,14-17,22,30H,12-13H2,1-7H3,(H,26,31)/t15-,16-,17-,22?/m0/s1. The van der Waals surface area contributed by atoms with E-state index in [1.165, 1.54) is 0 Å². The SMILES string of the molecule is CC(C)[C@H](C)C(=O)N[C@@H](C)C(=O)C[C@@H](CC(=O)OC(C)(C)C)C(O)c1nc2ccccc2o1. The number of esters is 1. The van der Waals surface area contributed by atoms with Crippen LogP contribution in [0.3, 0.4) is 0 Å². The fourth-order valence-corrected chi connectivity index (χ4v) is 3.27. The Labute approximate surface area is 195 Å². The molecule has 0 bridgehead atoms. The predicted molar refractivity (Wildman–Crippen MR) is 124 cm³/mol.